The highest BCUT2D eigenvalue weighted by atomic mass is 16.6. The smallest absolute Gasteiger partial charge is 0.331 e. The van der Waals surface area contributed by atoms with Crippen molar-refractivity contribution in [2.75, 3.05) is 0 Å². The van der Waals surface area contributed by atoms with Crippen molar-refractivity contribution in [3.63, 3.8) is 0 Å². The van der Waals surface area contributed by atoms with Gasteiger partial charge in [-0.1, -0.05) is 17.7 Å². The first-order valence-corrected chi connectivity index (χ1v) is 11.9. The summed E-state index contributed by atoms with van der Waals surface area (Å²) in [7, 11) is 0. The Hall–Kier alpha value is -1.58. The molecular weight excluding hydrogens is 362 g/mol. The van der Waals surface area contributed by atoms with Crippen LogP contribution >= 0.6 is 0 Å². The Bertz CT molecular complexity index is 884. The van der Waals surface area contributed by atoms with Crippen LogP contribution in [0.5, 0.6) is 0 Å². The highest BCUT2D eigenvalue weighted by Gasteiger charge is 2.78. The fourth-order valence-corrected chi connectivity index (χ4v) is 9.32. The Morgan fingerprint density at radius 1 is 1.17 bits per heavy atom. The molecule has 3 unspecified atom stereocenters. The van der Waals surface area contributed by atoms with Gasteiger partial charge in [-0.25, -0.2) is 4.79 Å². The van der Waals surface area contributed by atoms with E-state index in [4.69, 9.17) is 4.74 Å². The molecule has 0 aromatic heterocycles. The second-order valence-electron chi connectivity index (χ2n) is 11.4. The molecule has 0 aromatic rings. The minimum atomic E-state index is -0.308. The number of esters is 1. The van der Waals surface area contributed by atoms with Crippen LogP contribution in [0.15, 0.2) is 29.0 Å². The number of allylic oxidation sites excluding steroid dienone is 2. The Labute approximate surface area is 172 Å². The highest BCUT2D eigenvalue weighted by molar-refractivity contribution is 5.96. The van der Waals surface area contributed by atoms with Crippen molar-refractivity contribution < 1.29 is 14.7 Å². The molecule has 0 saturated heterocycles. The van der Waals surface area contributed by atoms with Crippen LogP contribution in [0.3, 0.4) is 0 Å². The second-order valence-corrected chi connectivity index (χ2v) is 11.4. The number of oxime groups is 1. The molecule has 4 heteroatoms. The van der Waals surface area contributed by atoms with E-state index < -0.39 is 0 Å². The predicted octanol–water partition coefficient (Wildman–Crippen LogP) is 4.73. The van der Waals surface area contributed by atoms with E-state index in [9.17, 15) is 10.0 Å². The molecule has 1 aliphatic heterocycles. The van der Waals surface area contributed by atoms with Crippen LogP contribution in [-0.4, -0.2) is 22.5 Å². The normalized spacial score (nSPS) is 55.8. The van der Waals surface area contributed by atoms with Gasteiger partial charge in [0.1, 0.15) is 5.60 Å². The molecule has 154 valence electrons. The third-order valence-corrected chi connectivity index (χ3v) is 10.5. The molecule has 9 atom stereocenters. The van der Waals surface area contributed by atoms with Crippen LogP contribution in [-0.2, 0) is 9.53 Å². The average molecular weight is 394 g/mol. The van der Waals surface area contributed by atoms with Gasteiger partial charge in [0, 0.05) is 17.4 Å². The van der Waals surface area contributed by atoms with Crippen LogP contribution in [0.4, 0.5) is 0 Å². The number of carbonyl (C=O) groups excluding carboxylic acids is 1. The molecule has 7 rings (SSSR count). The lowest BCUT2D eigenvalue weighted by Gasteiger charge is -2.59. The minimum Gasteiger partial charge on any atom is -0.451 e. The van der Waals surface area contributed by atoms with E-state index in [0.29, 0.717) is 17.8 Å². The molecule has 5 fully saturated rings. The lowest BCUT2D eigenvalue weighted by atomic mass is 9.46. The van der Waals surface area contributed by atoms with E-state index in [-0.39, 0.29) is 17.0 Å². The van der Waals surface area contributed by atoms with E-state index in [2.05, 4.69) is 24.2 Å². The Balaban J connectivity index is 1.31. The number of carbonyl (C=O) groups is 1. The molecule has 0 aromatic carbocycles. The molecule has 0 radical (unpaired) electrons. The molecule has 5 saturated carbocycles. The average Bonchev–Trinajstić information content (AvgIpc) is 3.64. The first-order chi connectivity index (χ1) is 14.1. The first kappa shape index (κ1) is 17.1. The van der Waals surface area contributed by atoms with E-state index in [1.54, 1.807) is 11.6 Å². The number of ether oxygens (including phenoxy) is 1. The largest absolute Gasteiger partial charge is 0.451 e. The standard InChI is InChI=1S/C25H31NO3/c1-24-8-6-17-16-5-4-15(26-28)10-14(16)11-18(13-2-3-13)22(17)23(24)19-12-20(19)25(24)9-7-21(27)29-25/h7,9-10,13,16-20,22-23,28H,2-6,8,11-12H2,1H3/b26-15+/t16-,17?,18+,19-,20+,22?,23?,24-,25-/m0/s1. The van der Waals surface area contributed by atoms with Gasteiger partial charge in [-0.05, 0) is 105 Å². The van der Waals surface area contributed by atoms with Gasteiger partial charge in [0.25, 0.3) is 0 Å². The van der Waals surface area contributed by atoms with E-state index in [1.807, 2.05) is 0 Å². The maximum Gasteiger partial charge on any atom is 0.331 e. The molecule has 6 aliphatic carbocycles. The summed E-state index contributed by atoms with van der Waals surface area (Å²) in [6.07, 6.45) is 15.9. The van der Waals surface area contributed by atoms with Crippen molar-refractivity contribution in [3.05, 3.63) is 23.8 Å². The zero-order valence-corrected chi connectivity index (χ0v) is 17.2. The lowest BCUT2D eigenvalue weighted by Crippen LogP contribution is -2.56. The highest BCUT2D eigenvalue weighted by Crippen LogP contribution is 2.78. The molecule has 1 spiro atoms. The predicted molar refractivity (Wildman–Crippen MR) is 108 cm³/mol. The zero-order valence-electron chi connectivity index (χ0n) is 17.2. The molecule has 1 N–H and O–H groups in total. The van der Waals surface area contributed by atoms with Crippen LogP contribution < -0.4 is 0 Å². The van der Waals surface area contributed by atoms with Crippen molar-refractivity contribution in [1.29, 1.82) is 0 Å². The molecule has 7 aliphatic rings. The van der Waals surface area contributed by atoms with Crippen molar-refractivity contribution in [2.45, 2.75) is 63.9 Å². The summed E-state index contributed by atoms with van der Waals surface area (Å²) >= 11 is 0. The van der Waals surface area contributed by atoms with Gasteiger partial charge < -0.3 is 9.94 Å². The molecule has 29 heavy (non-hydrogen) atoms. The first-order valence-electron chi connectivity index (χ1n) is 11.9. The monoisotopic (exact) mass is 393 g/mol. The van der Waals surface area contributed by atoms with Gasteiger partial charge >= 0.3 is 5.97 Å². The SMILES string of the molecule is C[C@]12CCC3C(C1[C@H]1C[C@H]1[C@@]21C=CC(=O)O1)[C@@H](C1CC1)CC1=C/C(=N/O)CC[C@@H]13. The summed E-state index contributed by atoms with van der Waals surface area (Å²) < 4.78 is 6.16. The minimum absolute atomic E-state index is 0.115. The van der Waals surface area contributed by atoms with Gasteiger partial charge in [0.05, 0.1) is 5.71 Å². The van der Waals surface area contributed by atoms with E-state index in [0.717, 1.165) is 48.1 Å². The van der Waals surface area contributed by atoms with Crippen molar-refractivity contribution in [3.8, 4) is 0 Å². The molecule has 0 bridgehead atoms. The number of hydrogen-bond acceptors (Lipinski definition) is 4. The maximum absolute atomic E-state index is 12.1. The lowest BCUT2D eigenvalue weighted by molar-refractivity contribution is -0.170. The Morgan fingerprint density at radius 2 is 2.03 bits per heavy atom. The van der Waals surface area contributed by atoms with Gasteiger partial charge in [-0.2, -0.15) is 0 Å². The summed E-state index contributed by atoms with van der Waals surface area (Å²) in [4.78, 5) is 12.1. The summed E-state index contributed by atoms with van der Waals surface area (Å²) in [6.45, 7) is 2.47. The fraction of sp³-hybridized carbons (Fsp3) is 0.760. The van der Waals surface area contributed by atoms with Gasteiger partial charge in [0.2, 0.25) is 0 Å². The van der Waals surface area contributed by atoms with Crippen LogP contribution in [0.25, 0.3) is 0 Å². The molecular formula is C25H31NO3. The van der Waals surface area contributed by atoms with Crippen LogP contribution in [0.1, 0.15) is 58.3 Å². The van der Waals surface area contributed by atoms with Crippen molar-refractivity contribution in [2.24, 2.45) is 57.9 Å². The third-order valence-electron chi connectivity index (χ3n) is 10.5. The maximum atomic E-state index is 12.1. The van der Waals surface area contributed by atoms with E-state index >= 15 is 0 Å². The fourth-order valence-electron chi connectivity index (χ4n) is 9.32. The molecule has 1 heterocycles. The Kier molecular flexibility index (Phi) is 3.17. The Morgan fingerprint density at radius 3 is 2.76 bits per heavy atom. The molecule has 4 nitrogen and oxygen atoms in total. The number of nitrogens with zero attached hydrogens (tertiary/aromatic N) is 1. The topological polar surface area (TPSA) is 58.9 Å². The quantitative estimate of drug-likeness (QED) is 0.398. The summed E-state index contributed by atoms with van der Waals surface area (Å²) in [6, 6.07) is 0. The summed E-state index contributed by atoms with van der Waals surface area (Å²) in [5.41, 5.74) is 2.27. The van der Waals surface area contributed by atoms with Gasteiger partial charge in [-0.15, -0.1) is 0 Å². The van der Waals surface area contributed by atoms with E-state index in [1.165, 1.54) is 38.5 Å². The van der Waals surface area contributed by atoms with Crippen molar-refractivity contribution >= 4 is 11.7 Å². The summed E-state index contributed by atoms with van der Waals surface area (Å²) in [5, 5.41) is 12.9. The van der Waals surface area contributed by atoms with Gasteiger partial charge in [-0.3, -0.25) is 0 Å². The number of hydrogen-bond donors (Lipinski definition) is 1. The van der Waals surface area contributed by atoms with Crippen LogP contribution in [0, 0.1) is 52.8 Å². The zero-order chi connectivity index (χ0) is 19.5. The number of rotatable bonds is 1. The van der Waals surface area contributed by atoms with Crippen LogP contribution in [0.2, 0.25) is 0 Å². The number of fused-ring (bicyclic) bond motifs is 9. The molecule has 0 amide bonds. The van der Waals surface area contributed by atoms with Crippen molar-refractivity contribution in [1.82, 2.24) is 0 Å². The van der Waals surface area contributed by atoms with Gasteiger partial charge in [0.15, 0.2) is 0 Å². The summed E-state index contributed by atoms with van der Waals surface area (Å²) in [5.74, 6) is 5.83. The second kappa shape index (κ2) is 5.36. The third kappa shape index (κ3) is 2.02.